The molecule has 4 heteroatoms. The molecule has 3 atom stereocenters. The second-order valence-corrected chi connectivity index (χ2v) is 7.33. The van der Waals surface area contributed by atoms with E-state index in [2.05, 4.69) is 36.1 Å². The summed E-state index contributed by atoms with van der Waals surface area (Å²) < 4.78 is 6.29. The zero-order valence-corrected chi connectivity index (χ0v) is 17.0. The van der Waals surface area contributed by atoms with Gasteiger partial charge in [-0.3, -0.25) is 4.90 Å². The minimum Gasteiger partial charge on any atom is -0.361 e. The SMILES string of the molecule is C[C@H]1[C@H](c2ccccc2)O[C@](O)(c2ccc(-c3ccccc3)cc2)CN1C.Cl. The minimum absolute atomic E-state index is 0. The van der Waals surface area contributed by atoms with E-state index in [4.69, 9.17) is 4.74 Å². The Morgan fingerprint density at radius 1 is 0.857 bits per heavy atom. The molecule has 146 valence electrons. The molecule has 28 heavy (non-hydrogen) atoms. The third-order valence-electron chi connectivity index (χ3n) is 5.49. The van der Waals surface area contributed by atoms with Crippen LogP contribution in [0.25, 0.3) is 11.1 Å². The van der Waals surface area contributed by atoms with Crippen LogP contribution in [0.5, 0.6) is 0 Å². The summed E-state index contributed by atoms with van der Waals surface area (Å²) in [5.74, 6) is -1.34. The predicted molar refractivity (Wildman–Crippen MR) is 115 cm³/mol. The van der Waals surface area contributed by atoms with Crippen LogP contribution in [0.2, 0.25) is 0 Å². The first-order chi connectivity index (χ1) is 13.1. The van der Waals surface area contributed by atoms with Gasteiger partial charge in [0.05, 0.1) is 6.54 Å². The molecule has 0 aliphatic carbocycles. The normalized spacial score (nSPS) is 25.1. The van der Waals surface area contributed by atoms with E-state index in [1.54, 1.807) is 0 Å². The van der Waals surface area contributed by atoms with E-state index in [0.717, 1.165) is 22.3 Å². The maximum absolute atomic E-state index is 11.4. The van der Waals surface area contributed by atoms with Gasteiger partial charge in [-0.15, -0.1) is 12.4 Å². The highest BCUT2D eigenvalue weighted by Gasteiger charge is 2.43. The zero-order chi connectivity index (χ0) is 18.9. The molecular formula is C24H26ClNO2. The lowest BCUT2D eigenvalue weighted by molar-refractivity contribution is -0.289. The Bertz CT molecular complexity index is 885. The zero-order valence-electron chi connectivity index (χ0n) is 16.2. The highest BCUT2D eigenvalue weighted by molar-refractivity contribution is 5.85. The summed E-state index contributed by atoms with van der Waals surface area (Å²) in [5, 5.41) is 11.4. The summed E-state index contributed by atoms with van der Waals surface area (Å²) in [6, 6.07) is 28.6. The molecule has 1 aliphatic heterocycles. The van der Waals surface area contributed by atoms with Gasteiger partial charge in [0.15, 0.2) is 0 Å². The van der Waals surface area contributed by atoms with Gasteiger partial charge in [0.1, 0.15) is 6.10 Å². The Hall–Kier alpha value is -2.17. The molecule has 1 saturated heterocycles. The molecule has 3 aromatic rings. The fraction of sp³-hybridized carbons (Fsp3) is 0.250. The van der Waals surface area contributed by atoms with Gasteiger partial charge in [-0.05, 0) is 30.7 Å². The monoisotopic (exact) mass is 395 g/mol. The van der Waals surface area contributed by atoms with Gasteiger partial charge in [-0.25, -0.2) is 0 Å². The van der Waals surface area contributed by atoms with Crippen LogP contribution in [0, 0.1) is 0 Å². The number of nitrogens with zero attached hydrogens (tertiary/aromatic N) is 1. The number of rotatable bonds is 3. The third kappa shape index (κ3) is 3.98. The van der Waals surface area contributed by atoms with Crippen molar-refractivity contribution in [1.82, 2.24) is 4.90 Å². The predicted octanol–water partition coefficient (Wildman–Crippen LogP) is 5.01. The van der Waals surface area contributed by atoms with Crippen LogP contribution in [-0.4, -0.2) is 29.6 Å². The number of aliphatic hydroxyl groups is 1. The Morgan fingerprint density at radius 2 is 1.39 bits per heavy atom. The van der Waals surface area contributed by atoms with E-state index in [9.17, 15) is 5.11 Å². The lowest BCUT2D eigenvalue weighted by Crippen LogP contribution is -2.53. The van der Waals surface area contributed by atoms with Crippen molar-refractivity contribution in [2.45, 2.75) is 24.9 Å². The maximum Gasteiger partial charge on any atom is 0.206 e. The third-order valence-corrected chi connectivity index (χ3v) is 5.49. The summed E-state index contributed by atoms with van der Waals surface area (Å²) in [4.78, 5) is 2.16. The molecule has 0 spiro atoms. The summed E-state index contributed by atoms with van der Waals surface area (Å²) in [5.41, 5.74) is 4.14. The van der Waals surface area contributed by atoms with E-state index in [1.807, 2.05) is 67.7 Å². The molecule has 1 aliphatic rings. The van der Waals surface area contributed by atoms with Crippen molar-refractivity contribution in [1.29, 1.82) is 0 Å². The Morgan fingerprint density at radius 3 is 2.00 bits per heavy atom. The number of benzene rings is 3. The van der Waals surface area contributed by atoms with Crippen molar-refractivity contribution >= 4 is 12.4 Å². The minimum atomic E-state index is -1.34. The van der Waals surface area contributed by atoms with E-state index in [1.165, 1.54) is 0 Å². The highest BCUT2D eigenvalue weighted by Crippen LogP contribution is 2.39. The molecule has 3 aromatic carbocycles. The van der Waals surface area contributed by atoms with Crippen LogP contribution < -0.4 is 0 Å². The largest absolute Gasteiger partial charge is 0.361 e. The van der Waals surface area contributed by atoms with Crippen LogP contribution in [0.15, 0.2) is 84.9 Å². The summed E-state index contributed by atoms with van der Waals surface area (Å²) in [6.07, 6.45) is -0.191. The van der Waals surface area contributed by atoms with E-state index >= 15 is 0 Å². The first-order valence-corrected chi connectivity index (χ1v) is 9.38. The second-order valence-electron chi connectivity index (χ2n) is 7.33. The van der Waals surface area contributed by atoms with Crippen LogP contribution in [0.3, 0.4) is 0 Å². The molecule has 0 bridgehead atoms. The molecule has 0 aromatic heterocycles. The Labute approximate surface area is 173 Å². The molecule has 0 saturated carbocycles. The van der Waals surface area contributed by atoms with Gasteiger partial charge in [0.25, 0.3) is 0 Å². The van der Waals surface area contributed by atoms with Gasteiger partial charge in [-0.1, -0.05) is 84.9 Å². The van der Waals surface area contributed by atoms with Gasteiger partial charge < -0.3 is 9.84 Å². The molecule has 0 radical (unpaired) electrons. The number of hydrogen-bond donors (Lipinski definition) is 1. The van der Waals surface area contributed by atoms with Crippen LogP contribution in [0.1, 0.15) is 24.2 Å². The molecule has 0 amide bonds. The molecule has 3 nitrogen and oxygen atoms in total. The van der Waals surface area contributed by atoms with Crippen molar-refractivity contribution in [2.24, 2.45) is 0 Å². The fourth-order valence-corrected chi connectivity index (χ4v) is 3.76. The number of halogens is 1. The smallest absolute Gasteiger partial charge is 0.206 e. The number of β-amino-alcohol motifs (C(OH)–C–C–N with tert-alkyl or cyclic N) is 1. The van der Waals surface area contributed by atoms with Gasteiger partial charge in [-0.2, -0.15) is 0 Å². The Balaban J connectivity index is 0.00000225. The maximum atomic E-state index is 11.4. The fourth-order valence-electron chi connectivity index (χ4n) is 3.76. The van der Waals surface area contributed by atoms with E-state index in [-0.39, 0.29) is 24.6 Å². The number of ether oxygens (including phenoxy) is 1. The second kappa shape index (κ2) is 8.46. The Kier molecular flexibility index (Phi) is 6.21. The standard InChI is InChI=1S/C24H25NO2.ClH/c1-18-23(21-11-7-4-8-12-21)27-24(26,17-25(18)2)22-15-13-20(14-16-22)19-9-5-3-6-10-19;/h3-16,18,23,26H,17H2,1-2H3;1H/t18-,23+,24-;/m0./s1. The molecule has 4 rings (SSSR count). The highest BCUT2D eigenvalue weighted by atomic mass is 35.5. The van der Waals surface area contributed by atoms with Crippen molar-refractivity contribution in [2.75, 3.05) is 13.6 Å². The average molecular weight is 396 g/mol. The van der Waals surface area contributed by atoms with Crippen molar-refractivity contribution in [3.8, 4) is 11.1 Å². The average Bonchev–Trinajstić information content (AvgIpc) is 2.72. The summed E-state index contributed by atoms with van der Waals surface area (Å²) in [6.45, 7) is 2.57. The van der Waals surface area contributed by atoms with Crippen LogP contribution in [-0.2, 0) is 10.5 Å². The summed E-state index contributed by atoms with van der Waals surface area (Å²) in [7, 11) is 2.03. The molecule has 1 N–H and O–H groups in total. The first kappa shape index (κ1) is 20.6. The van der Waals surface area contributed by atoms with Gasteiger partial charge in [0, 0.05) is 11.6 Å². The van der Waals surface area contributed by atoms with Crippen molar-refractivity contribution < 1.29 is 9.84 Å². The van der Waals surface area contributed by atoms with Gasteiger partial charge >= 0.3 is 0 Å². The number of likely N-dealkylation sites (N-methyl/N-ethyl adjacent to an activating group) is 1. The van der Waals surface area contributed by atoms with E-state index in [0.29, 0.717) is 6.54 Å². The van der Waals surface area contributed by atoms with Crippen molar-refractivity contribution in [3.05, 3.63) is 96.1 Å². The molecule has 1 fully saturated rings. The lowest BCUT2D eigenvalue weighted by Gasteiger charge is -2.46. The molecule has 1 heterocycles. The van der Waals surface area contributed by atoms with Crippen LogP contribution >= 0.6 is 12.4 Å². The topological polar surface area (TPSA) is 32.7 Å². The van der Waals surface area contributed by atoms with Crippen molar-refractivity contribution in [3.63, 3.8) is 0 Å². The van der Waals surface area contributed by atoms with Crippen LogP contribution in [0.4, 0.5) is 0 Å². The lowest BCUT2D eigenvalue weighted by atomic mass is 9.94. The summed E-state index contributed by atoms with van der Waals surface area (Å²) >= 11 is 0. The quantitative estimate of drug-likeness (QED) is 0.676. The number of morpholine rings is 1. The first-order valence-electron chi connectivity index (χ1n) is 9.38. The van der Waals surface area contributed by atoms with Gasteiger partial charge in [0.2, 0.25) is 5.79 Å². The number of hydrogen-bond acceptors (Lipinski definition) is 3. The van der Waals surface area contributed by atoms with E-state index < -0.39 is 5.79 Å². The molecular weight excluding hydrogens is 370 g/mol. The molecule has 0 unspecified atom stereocenters.